The van der Waals surface area contributed by atoms with Gasteiger partial charge in [-0.1, -0.05) is 0 Å². The molecule has 1 amide bonds. The summed E-state index contributed by atoms with van der Waals surface area (Å²) in [5, 5.41) is 17.8. The molecule has 18 heavy (non-hydrogen) atoms. The number of nitrogens with zero attached hydrogens (tertiary/aromatic N) is 3. The molecule has 5 heteroatoms. The first-order chi connectivity index (χ1) is 8.67. The Morgan fingerprint density at radius 1 is 1.44 bits per heavy atom. The summed E-state index contributed by atoms with van der Waals surface area (Å²) in [5.74, 6) is 0.0187. The van der Waals surface area contributed by atoms with Crippen molar-refractivity contribution in [2.75, 3.05) is 36.5 Å². The third-order valence-corrected chi connectivity index (χ3v) is 3.09. The van der Waals surface area contributed by atoms with Crippen LogP contribution in [0.1, 0.15) is 12.0 Å². The zero-order valence-electron chi connectivity index (χ0n) is 10.3. The fourth-order valence-corrected chi connectivity index (χ4v) is 2.08. The standard InChI is InChI=1S/C13H15N3O2/c1-15-11-4-3-10(8-14)7-12(11)16(5-2-6-17)9-13(15)18/h3-4,7,17H,2,5-6,9H2,1H3. The molecule has 0 radical (unpaired) electrons. The Morgan fingerprint density at radius 2 is 2.22 bits per heavy atom. The van der Waals surface area contributed by atoms with E-state index >= 15 is 0 Å². The number of anilines is 2. The largest absolute Gasteiger partial charge is 0.396 e. The molecular weight excluding hydrogens is 230 g/mol. The van der Waals surface area contributed by atoms with Gasteiger partial charge < -0.3 is 14.9 Å². The third kappa shape index (κ3) is 2.15. The molecule has 1 N–H and O–H groups in total. The molecule has 2 rings (SSSR count). The second-order valence-electron chi connectivity index (χ2n) is 4.27. The highest BCUT2D eigenvalue weighted by molar-refractivity contribution is 6.02. The quantitative estimate of drug-likeness (QED) is 0.852. The number of nitriles is 1. The molecule has 0 bridgehead atoms. The van der Waals surface area contributed by atoms with Gasteiger partial charge in [-0.25, -0.2) is 0 Å². The van der Waals surface area contributed by atoms with Crippen molar-refractivity contribution in [1.29, 1.82) is 5.26 Å². The van der Waals surface area contributed by atoms with Crippen LogP contribution in [-0.2, 0) is 4.79 Å². The number of aliphatic hydroxyl groups excluding tert-OH is 1. The fourth-order valence-electron chi connectivity index (χ4n) is 2.08. The molecule has 0 atom stereocenters. The van der Waals surface area contributed by atoms with Gasteiger partial charge in [0, 0.05) is 20.2 Å². The zero-order valence-corrected chi connectivity index (χ0v) is 10.3. The first-order valence-electron chi connectivity index (χ1n) is 5.84. The first kappa shape index (κ1) is 12.4. The van der Waals surface area contributed by atoms with Crippen molar-refractivity contribution in [2.45, 2.75) is 6.42 Å². The summed E-state index contributed by atoms with van der Waals surface area (Å²) in [7, 11) is 1.73. The molecule has 0 saturated carbocycles. The Morgan fingerprint density at radius 3 is 2.89 bits per heavy atom. The van der Waals surface area contributed by atoms with E-state index < -0.39 is 0 Å². The predicted molar refractivity (Wildman–Crippen MR) is 68.5 cm³/mol. The highest BCUT2D eigenvalue weighted by Crippen LogP contribution is 2.33. The molecule has 1 aromatic carbocycles. The van der Waals surface area contributed by atoms with Gasteiger partial charge in [0.2, 0.25) is 5.91 Å². The maximum atomic E-state index is 11.8. The van der Waals surface area contributed by atoms with Crippen LogP contribution in [0, 0.1) is 11.3 Å². The predicted octanol–water partition coefficient (Wildman–Crippen LogP) is 0.723. The number of fused-ring (bicyclic) bond motifs is 1. The average Bonchev–Trinajstić information content (AvgIpc) is 2.40. The van der Waals surface area contributed by atoms with Crippen molar-refractivity contribution in [2.24, 2.45) is 0 Å². The number of benzene rings is 1. The number of rotatable bonds is 3. The number of hydrogen-bond acceptors (Lipinski definition) is 4. The van der Waals surface area contributed by atoms with E-state index in [0.29, 0.717) is 25.1 Å². The number of hydrogen-bond donors (Lipinski definition) is 1. The Kier molecular flexibility index (Phi) is 3.49. The highest BCUT2D eigenvalue weighted by Gasteiger charge is 2.26. The zero-order chi connectivity index (χ0) is 13.1. The maximum absolute atomic E-state index is 11.8. The molecule has 5 nitrogen and oxygen atoms in total. The SMILES string of the molecule is CN1C(=O)CN(CCCO)c2cc(C#N)ccc21. The van der Waals surface area contributed by atoms with E-state index in [1.807, 2.05) is 4.90 Å². The molecule has 1 aliphatic heterocycles. The summed E-state index contributed by atoms with van der Waals surface area (Å²) < 4.78 is 0. The van der Waals surface area contributed by atoms with E-state index in [9.17, 15) is 4.79 Å². The summed E-state index contributed by atoms with van der Waals surface area (Å²) in [4.78, 5) is 15.4. The van der Waals surface area contributed by atoms with E-state index in [1.54, 1.807) is 30.1 Å². The minimum absolute atomic E-state index is 0.0187. The molecule has 0 unspecified atom stereocenters. The Bertz CT molecular complexity index is 507. The van der Waals surface area contributed by atoms with Crippen molar-refractivity contribution in [3.05, 3.63) is 23.8 Å². The van der Waals surface area contributed by atoms with Crippen LogP contribution in [0.25, 0.3) is 0 Å². The van der Waals surface area contributed by atoms with Crippen LogP contribution in [0.2, 0.25) is 0 Å². The van der Waals surface area contributed by atoms with Crippen molar-refractivity contribution >= 4 is 17.3 Å². The molecule has 1 aromatic rings. The molecule has 1 heterocycles. The van der Waals surface area contributed by atoms with Gasteiger partial charge in [-0.3, -0.25) is 4.79 Å². The average molecular weight is 245 g/mol. The number of amides is 1. The number of carbonyl (C=O) groups excluding carboxylic acids is 1. The minimum atomic E-state index is 0.0187. The molecule has 0 aromatic heterocycles. The van der Waals surface area contributed by atoms with Crippen molar-refractivity contribution in [1.82, 2.24) is 0 Å². The fraction of sp³-hybridized carbons (Fsp3) is 0.385. The van der Waals surface area contributed by atoms with Crippen molar-refractivity contribution in [3.8, 4) is 6.07 Å². The topological polar surface area (TPSA) is 67.6 Å². The molecule has 0 saturated heterocycles. The van der Waals surface area contributed by atoms with Gasteiger partial charge in [0.15, 0.2) is 0 Å². The number of carbonyl (C=O) groups is 1. The Labute approximate surface area is 106 Å². The molecule has 1 aliphatic rings. The van der Waals surface area contributed by atoms with Gasteiger partial charge in [0.25, 0.3) is 0 Å². The first-order valence-corrected chi connectivity index (χ1v) is 5.84. The lowest BCUT2D eigenvalue weighted by Gasteiger charge is -2.35. The lowest BCUT2D eigenvalue weighted by Crippen LogP contribution is -2.44. The number of aliphatic hydroxyl groups is 1. The van der Waals surface area contributed by atoms with Crippen LogP contribution in [0.4, 0.5) is 11.4 Å². The Hall–Kier alpha value is -2.06. The van der Waals surface area contributed by atoms with E-state index in [0.717, 1.165) is 11.4 Å². The van der Waals surface area contributed by atoms with Gasteiger partial charge in [0.1, 0.15) is 0 Å². The normalized spacial score (nSPS) is 14.4. The highest BCUT2D eigenvalue weighted by atomic mass is 16.3. The van der Waals surface area contributed by atoms with Gasteiger partial charge >= 0.3 is 0 Å². The summed E-state index contributed by atoms with van der Waals surface area (Å²) in [5.41, 5.74) is 2.26. The van der Waals surface area contributed by atoms with E-state index in [2.05, 4.69) is 6.07 Å². The Balaban J connectivity index is 2.40. The molecule has 94 valence electrons. The van der Waals surface area contributed by atoms with Crippen LogP contribution in [0.5, 0.6) is 0 Å². The van der Waals surface area contributed by atoms with Gasteiger partial charge in [0.05, 0.1) is 29.6 Å². The van der Waals surface area contributed by atoms with Crippen molar-refractivity contribution < 1.29 is 9.90 Å². The third-order valence-electron chi connectivity index (χ3n) is 3.09. The second-order valence-corrected chi connectivity index (χ2v) is 4.27. The lowest BCUT2D eigenvalue weighted by molar-refractivity contribution is -0.117. The van der Waals surface area contributed by atoms with Gasteiger partial charge in [-0.05, 0) is 24.6 Å². The minimum Gasteiger partial charge on any atom is -0.396 e. The summed E-state index contributed by atoms with van der Waals surface area (Å²) in [6.07, 6.45) is 0.604. The van der Waals surface area contributed by atoms with Crippen LogP contribution in [-0.4, -0.2) is 37.8 Å². The monoisotopic (exact) mass is 245 g/mol. The van der Waals surface area contributed by atoms with Crippen LogP contribution < -0.4 is 9.80 Å². The van der Waals surface area contributed by atoms with E-state index in [4.69, 9.17) is 10.4 Å². The van der Waals surface area contributed by atoms with Gasteiger partial charge in [-0.15, -0.1) is 0 Å². The van der Waals surface area contributed by atoms with Crippen LogP contribution in [0.15, 0.2) is 18.2 Å². The van der Waals surface area contributed by atoms with E-state index in [1.165, 1.54) is 0 Å². The van der Waals surface area contributed by atoms with E-state index in [-0.39, 0.29) is 12.5 Å². The van der Waals surface area contributed by atoms with Crippen molar-refractivity contribution in [3.63, 3.8) is 0 Å². The number of likely N-dealkylation sites (N-methyl/N-ethyl adjacent to an activating group) is 1. The van der Waals surface area contributed by atoms with Crippen LogP contribution >= 0.6 is 0 Å². The molecular formula is C13H15N3O2. The summed E-state index contributed by atoms with van der Waals surface area (Å²) >= 11 is 0. The lowest BCUT2D eigenvalue weighted by atomic mass is 10.1. The van der Waals surface area contributed by atoms with Gasteiger partial charge in [-0.2, -0.15) is 5.26 Å². The second kappa shape index (κ2) is 5.07. The molecule has 0 aliphatic carbocycles. The summed E-state index contributed by atoms with van der Waals surface area (Å²) in [6.45, 7) is 0.990. The molecule has 0 spiro atoms. The molecule has 0 fully saturated rings. The van der Waals surface area contributed by atoms with Crippen LogP contribution in [0.3, 0.4) is 0 Å². The maximum Gasteiger partial charge on any atom is 0.246 e. The smallest absolute Gasteiger partial charge is 0.246 e. The summed E-state index contributed by atoms with van der Waals surface area (Å²) in [6, 6.07) is 7.38.